The molecule has 1 aromatic heterocycles. The number of terminal acetylenes is 1. The normalized spacial score (nSPS) is 18.7. The average molecular weight is 334 g/mol. The Labute approximate surface area is 143 Å². The second-order valence-electron chi connectivity index (χ2n) is 6.32. The van der Waals surface area contributed by atoms with Gasteiger partial charge in [-0.1, -0.05) is 6.07 Å². The van der Waals surface area contributed by atoms with Gasteiger partial charge < -0.3 is 5.32 Å². The minimum Gasteiger partial charge on any atom is -0.355 e. The van der Waals surface area contributed by atoms with E-state index in [0.717, 1.165) is 32.7 Å². The Morgan fingerprint density at radius 1 is 1.61 bits per heavy atom. The van der Waals surface area contributed by atoms with Crippen molar-refractivity contribution in [3.05, 3.63) is 22.4 Å². The van der Waals surface area contributed by atoms with Crippen LogP contribution in [0.1, 0.15) is 24.1 Å². The zero-order valence-corrected chi connectivity index (χ0v) is 14.8. The maximum Gasteiger partial charge on any atom is 0.234 e. The van der Waals surface area contributed by atoms with Crippen molar-refractivity contribution in [1.82, 2.24) is 15.1 Å². The third-order valence-electron chi connectivity index (χ3n) is 4.20. The molecule has 0 radical (unpaired) electrons. The molecule has 0 aromatic carbocycles. The molecular formula is C18H27N3OS. The van der Waals surface area contributed by atoms with Gasteiger partial charge >= 0.3 is 0 Å². The van der Waals surface area contributed by atoms with Crippen LogP contribution in [0.25, 0.3) is 0 Å². The second-order valence-corrected chi connectivity index (χ2v) is 7.35. The zero-order valence-electron chi connectivity index (χ0n) is 14.0. The highest BCUT2D eigenvalue weighted by Gasteiger charge is 2.20. The number of nitrogens with zero attached hydrogens (tertiary/aromatic N) is 2. The molecule has 0 aliphatic carbocycles. The van der Waals surface area contributed by atoms with Crippen LogP contribution in [0.5, 0.6) is 0 Å². The maximum absolute atomic E-state index is 12.0. The van der Waals surface area contributed by atoms with E-state index in [1.807, 2.05) is 23.3 Å². The third-order valence-corrected chi connectivity index (χ3v) is 5.06. The van der Waals surface area contributed by atoms with Gasteiger partial charge in [0.2, 0.25) is 5.91 Å². The van der Waals surface area contributed by atoms with E-state index in [-0.39, 0.29) is 5.91 Å². The van der Waals surface area contributed by atoms with Crippen molar-refractivity contribution in [2.24, 2.45) is 5.92 Å². The Balaban J connectivity index is 1.66. The molecule has 2 rings (SSSR count). The summed E-state index contributed by atoms with van der Waals surface area (Å²) in [4.78, 5) is 17.9. The van der Waals surface area contributed by atoms with Gasteiger partial charge in [0.1, 0.15) is 0 Å². The predicted molar refractivity (Wildman–Crippen MR) is 96.3 cm³/mol. The molecule has 4 nitrogen and oxygen atoms in total. The Hall–Kier alpha value is -1.35. The zero-order chi connectivity index (χ0) is 16.5. The van der Waals surface area contributed by atoms with Crippen molar-refractivity contribution in [3.63, 3.8) is 0 Å². The van der Waals surface area contributed by atoms with Crippen LogP contribution in [-0.4, -0.2) is 55.5 Å². The van der Waals surface area contributed by atoms with Crippen LogP contribution in [0, 0.1) is 18.3 Å². The van der Waals surface area contributed by atoms with E-state index in [1.54, 1.807) is 0 Å². The van der Waals surface area contributed by atoms with Crippen molar-refractivity contribution in [2.75, 3.05) is 39.8 Å². The summed E-state index contributed by atoms with van der Waals surface area (Å²) >= 11 is 1.82. The minimum atomic E-state index is 0.0971. The fraction of sp³-hybridized carbons (Fsp3) is 0.611. The molecule has 1 N–H and O–H groups in total. The van der Waals surface area contributed by atoms with Crippen LogP contribution in [0.3, 0.4) is 0 Å². The topological polar surface area (TPSA) is 35.6 Å². The van der Waals surface area contributed by atoms with Crippen LogP contribution in [0.15, 0.2) is 17.5 Å². The monoisotopic (exact) mass is 333 g/mol. The molecule has 0 spiro atoms. The fourth-order valence-electron chi connectivity index (χ4n) is 2.98. The van der Waals surface area contributed by atoms with E-state index in [9.17, 15) is 4.79 Å². The predicted octanol–water partition coefficient (Wildman–Crippen LogP) is 2.03. The van der Waals surface area contributed by atoms with Gasteiger partial charge in [-0.3, -0.25) is 14.6 Å². The number of nitrogens with one attached hydrogen (secondary N) is 1. The number of thiophene rings is 1. The first-order chi connectivity index (χ1) is 11.2. The first-order valence-corrected chi connectivity index (χ1v) is 9.18. The Kier molecular flexibility index (Phi) is 7.60. The molecule has 1 aliphatic rings. The molecule has 1 fully saturated rings. The van der Waals surface area contributed by atoms with Crippen LogP contribution in [0.4, 0.5) is 0 Å². The Bertz CT molecular complexity index is 509. The van der Waals surface area contributed by atoms with Gasteiger partial charge in [0.05, 0.1) is 6.54 Å². The summed E-state index contributed by atoms with van der Waals surface area (Å²) in [6, 6.07) is 4.31. The highest BCUT2D eigenvalue weighted by Crippen LogP contribution is 2.19. The number of hydrogen-bond donors (Lipinski definition) is 1. The van der Waals surface area contributed by atoms with Crippen molar-refractivity contribution in [3.8, 4) is 12.3 Å². The molecule has 126 valence electrons. The number of piperidine rings is 1. The third kappa shape index (κ3) is 6.74. The van der Waals surface area contributed by atoms with Crippen molar-refractivity contribution in [2.45, 2.75) is 25.8 Å². The van der Waals surface area contributed by atoms with Crippen molar-refractivity contribution in [1.29, 1.82) is 0 Å². The summed E-state index contributed by atoms with van der Waals surface area (Å²) in [5.74, 6) is 3.26. The number of likely N-dealkylation sites (tertiary alicyclic amines) is 1. The first-order valence-electron chi connectivity index (χ1n) is 8.31. The summed E-state index contributed by atoms with van der Waals surface area (Å²) in [5.41, 5.74) is 0. The van der Waals surface area contributed by atoms with E-state index >= 15 is 0 Å². The second kappa shape index (κ2) is 9.71. The molecule has 0 unspecified atom stereocenters. The number of carbonyl (C=O) groups excluding carboxylic acids is 1. The van der Waals surface area contributed by atoms with E-state index in [1.165, 1.54) is 17.7 Å². The molecule has 1 aliphatic heterocycles. The SMILES string of the molecule is C#CCCN(C)CC(=O)NC[C@@H]1CCCN(Cc2cccs2)C1. The van der Waals surface area contributed by atoms with Crippen molar-refractivity contribution >= 4 is 17.2 Å². The summed E-state index contributed by atoms with van der Waals surface area (Å²) < 4.78 is 0. The van der Waals surface area contributed by atoms with Gasteiger partial charge in [-0.05, 0) is 43.8 Å². The number of hydrogen-bond acceptors (Lipinski definition) is 4. The van der Waals surface area contributed by atoms with Crippen LogP contribution in [-0.2, 0) is 11.3 Å². The molecule has 0 saturated carbocycles. The molecule has 23 heavy (non-hydrogen) atoms. The lowest BCUT2D eigenvalue weighted by Gasteiger charge is -2.32. The first kappa shape index (κ1) is 18.0. The van der Waals surface area contributed by atoms with Gasteiger partial charge in [-0.15, -0.1) is 23.7 Å². The number of likely N-dealkylation sites (N-methyl/N-ethyl adjacent to an activating group) is 1. The molecule has 1 saturated heterocycles. The van der Waals surface area contributed by atoms with Gasteiger partial charge in [-0.2, -0.15) is 0 Å². The molecule has 1 aromatic rings. The molecule has 0 bridgehead atoms. The standard InChI is InChI=1S/C18H27N3OS/c1-3-4-9-20(2)15-18(22)19-12-16-7-5-10-21(13-16)14-17-8-6-11-23-17/h1,6,8,11,16H,4-5,7,9-10,12-15H2,2H3,(H,19,22)/t16-/m0/s1. The van der Waals surface area contributed by atoms with E-state index in [2.05, 4.69) is 33.6 Å². The van der Waals surface area contributed by atoms with Gasteiger partial charge in [-0.25, -0.2) is 0 Å². The van der Waals surface area contributed by atoms with Crippen LogP contribution < -0.4 is 5.32 Å². The highest BCUT2D eigenvalue weighted by atomic mass is 32.1. The molecule has 5 heteroatoms. The molecule has 1 amide bonds. The lowest BCUT2D eigenvalue weighted by Crippen LogP contribution is -2.42. The average Bonchev–Trinajstić information content (AvgIpc) is 3.04. The maximum atomic E-state index is 12.0. The Morgan fingerprint density at radius 3 is 3.22 bits per heavy atom. The Morgan fingerprint density at radius 2 is 2.48 bits per heavy atom. The molecule has 2 heterocycles. The summed E-state index contributed by atoms with van der Waals surface area (Å²) in [6.07, 6.45) is 8.35. The number of amides is 1. The van der Waals surface area contributed by atoms with Gasteiger partial charge in [0, 0.05) is 37.5 Å². The van der Waals surface area contributed by atoms with Crippen LogP contribution >= 0.6 is 11.3 Å². The molecule has 1 atom stereocenters. The lowest BCUT2D eigenvalue weighted by molar-refractivity contribution is -0.122. The molecular weight excluding hydrogens is 306 g/mol. The van der Waals surface area contributed by atoms with Gasteiger partial charge in [0.25, 0.3) is 0 Å². The summed E-state index contributed by atoms with van der Waals surface area (Å²) in [7, 11) is 1.93. The largest absolute Gasteiger partial charge is 0.355 e. The highest BCUT2D eigenvalue weighted by molar-refractivity contribution is 7.09. The lowest BCUT2D eigenvalue weighted by atomic mass is 9.98. The smallest absolute Gasteiger partial charge is 0.234 e. The quantitative estimate of drug-likeness (QED) is 0.740. The number of carbonyl (C=O) groups is 1. The van der Waals surface area contributed by atoms with E-state index in [4.69, 9.17) is 6.42 Å². The van der Waals surface area contributed by atoms with Gasteiger partial charge in [0.15, 0.2) is 0 Å². The van der Waals surface area contributed by atoms with E-state index < -0.39 is 0 Å². The van der Waals surface area contributed by atoms with E-state index in [0.29, 0.717) is 18.9 Å². The number of rotatable bonds is 8. The minimum absolute atomic E-state index is 0.0971. The fourth-order valence-corrected chi connectivity index (χ4v) is 3.72. The van der Waals surface area contributed by atoms with Crippen LogP contribution in [0.2, 0.25) is 0 Å². The summed E-state index contributed by atoms with van der Waals surface area (Å²) in [6.45, 7) is 5.25. The summed E-state index contributed by atoms with van der Waals surface area (Å²) in [5, 5.41) is 5.22. The van der Waals surface area contributed by atoms with Crippen molar-refractivity contribution < 1.29 is 4.79 Å².